The molecule has 2 aromatic rings. The van der Waals surface area contributed by atoms with Crippen LogP contribution in [0.2, 0.25) is 0 Å². The summed E-state index contributed by atoms with van der Waals surface area (Å²) in [6.45, 7) is 1.26. The zero-order chi connectivity index (χ0) is 14.1. The Morgan fingerprint density at radius 3 is 3.10 bits per heavy atom. The Labute approximate surface area is 120 Å². The second-order valence-corrected chi connectivity index (χ2v) is 5.76. The summed E-state index contributed by atoms with van der Waals surface area (Å²) in [6, 6.07) is 5.75. The second-order valence-electron chi connectivity index (χ2n) is 4.71. The number of thiophene rings is 1. The molecule has 1 aromatic carbocycles. The van der Waals surface area contributed by atoms with Crippen molar-refractivity contribution >= 4 is 33.0 Å². The zero-order valence-corrected chi connectivity index (χ0v) is 12.0. The number of nitrogens with two attached hydrogens (primary N) is 1. The van der Waals surface area contributed by atoms with E-state index in [4.69, 9.17) is 15.2 Å². The van der Waals surface area contributed by atoms with Crippen LogP contribution in [0.5, 0.6) is 5.75 Å². The quantitative estimate of drug-likeness (QED) is 0.907. The van der Waals surface area contributed by atoms with Gasteiger partial charge in [0.2, 0.25) is 0 Å². The third kappa shape index (κ3) is 2.21. The third-order valence-electron chi connectivity index (χ3n) is 3.41. The standard InChI is InChI=1S/C14H16N2O3S/c1-18-9-3-2-4-10-11(9)12(15)13(20-10)14(17)16-8-5-6-19-7-8/h2-4,8H,5-7,15H2,1H3,(H,16,17). The largest absolute Gasteiger partial charge is 0.496 e. The van der Waals surface area contributed by atoms with Gasteiger partial charge in [-0.2, -0.15) is 0 Å². The molecule has 1 atom stereocenters. The van der Waals surface area contributed by atoms with Crippen LogP contribution in [0.3, 0.4) is 0 Å². The molecule has 0 radical (unpaired) electrons. The number of hydrogen-bond donors (Lipinski definition) is 2. The number of carbonyl (C=O) groups is 1. The molecule has 1 amide bonds. The van der Waals surface area contributed by atoms with Gasteiger partial charge in [0.05, 0.1) is 30.8 Å². The molecular formula is C14H16N2O3S. The first kappa shape index (κ1) is 13.2. The van der Waals surface area contributed by atoms with Crippen LogP contribution in [0.4, 0.5) is 5.69 Å². The number of ether oxygens (including phenoxy) is 2. The average Bonchev–Trinajstić information content (AvgIpc) is 3.07. The summed E-state index contributed by atoms with van der Waals surface area (Å²) >= 11 is 1.39. The van der Waals surface area contributed by atoms with Crippen LogP contribution in [0.15, 0.2) is 18.2 Å². The molecule has 3 rings (SSSR count). The van der Waals surface area contributed by atoms with Crippen molar-refractivity contribution in [3.63, 3.8) is 0 Å². The Balaban J connectivity index is 1.95. The van der Waals surface area contributed by atoms with E-state index < -0.39 is 0 Å². The van der Waals surface area contributed by atoms with Gasteiger partial charge < -0.3 is 20.5 Å². The summed E-state index contributed by atoms with van der Waals surface area (Å²) in [5.74, 6) is 0.556. The first-order chi connectivity index (χ1) is 9.70. The minimum atomic E-state index is -0.138. The lowest BCUT2D eigenvalue weighted by Crippen LogP contribution is -2.34. The van der Waals surface area contributed by atoms with Crippen molar-refractivity contribution in [1.29, 1.82) is 0 Å². The fraction of sp³-hybridized carbons (Fsp3) is 0.357. The minimum absolute atomic E-state index is 0.0778. The summed E-state index contributed by atoms with van der Waals surface area (Å²) in [7, 11) is 1.60. The predicted octanol–water partition coefficient (Wildman–Crippen LogP) is 2.01. The van der Waals surface area contributed by atoms with Gasteiger partial charge in [0, 0.05) is 11.3 Å². The number of hydrogen-bond acceptors (Lipinski definition) is 5. The molecule has 0 saturated carbocycles. The van der Waals surface area contributed by atoms with E-state index >= 15 is 0 Å². The van der Waals surface area contributed by atoms with Crippen LogP contribution in [0, 0.1) is 0 Å². The summed E-state index contributed by atoms with van der Waals surface area (Å²) in [5.41, 5.74) is 6.61. The van der Waals surface area contributed by atoms with Crippen molar-refractivity contribution in [1.82, 2.24) is 5.32 Å². The number of nitrogen functional groups attached to an aromatic ring is 1. The molecule has 0 spiro atoms. The van der Waals surface area contributed by atoms with Crippen LogP contribution in [-0.2, 0) is 4.74 Å². The molecule has 20 heavy (non-hydrogen) atoms. The highest BCUT2D eigenvalue weighted by atomic mass is 32.1. The van der Waals surface area contributed by atoms with Crippen LogP contribution in [0.25, 0.3) is 10.1 Å². The zero-order valence-electron chi connectivity index (χ0n) is 11.1. The van der Waals surface area contributed by atoms with Gasteiger partial charge in [0.1, 0.15) is 10.6 Å². The van der Waals surface area contributed by atoms with E-state index in [0.29, 0.717) is 29.5 Å². The number of anilines is 1. The summed E-state index contributed by atoms with van der Waals surface area (Å²) in [6.07, 6.45) is 0.847. The van der Waals surface area contributed by atoms with Crippen LogP contribution in [0.1, 0.15) is 16.1 Å². The van der Waals surface area contributed by atoms with Gasteiger partial charge in [-0.25, -0.2) is 0 Å². The maximum absolute atomic E-state index is 12.3. The normalized spacial score (nSPS) is 18.4. The first-order valence-electron chi connectivity index (χ1n) is 6.44. The van der Waals surface area contributed by atoms with Crippen LogP contribution in [-0.4, -0.2) is 32.3 Å². The van der Waals surface area contributed by atoms with Crippen molar-refractivity contribution in [2.45, 2.75) is 12.5 Å². The number of nitrogens with one attached hydrogen (secondary N) is 1. The number of benzene rings is 1. The van der Waals surface area contributed by atoms with Gasteiger partial charge in [0.15, 0.2) is 0 Å². The van der Waals surface area contributed by atoms with Gasteiger partial charge in [-0.15, -0.1) is 11.3 Å². The number of methoxy groups -OCH3 is 1. The number of rotatable bonds is 3. The Bertz CT molecular complexity index is 647. The van der Waals surface area contributed by atoms with Gasteiger partial charge >= 0.3 is 0 Å². The molecule has 1 aromatic heterocycles. The molecule has 6 heteroatoms. The molecule has 5 nitrogen and oxygen atoms in total. The van der Waals surface area contributed by atoms with Gasteiger partial charge in [-0.1, -0.05) is 6.07 Å². The van der Waals surface area contributed by atoms with E-state index in [1.54, 1.807) is 7.11 Å². The van der Waals surface area contributed by atoms with E-state index in [2.05, 4.69) is 5.32 Å². The SMILES string of the molecule is COc1cccc2sc(C(=O)NC3CCOC3)c(N)c12. The van der Waals surface area contributed by atoms with Crippen molar-refractivity contribution in [3.05, 3.63) is 23.1 Å². The Hall–Kier alpha value is -1.79. The highest BCUT2D eigenvalue weighted by molar-refractivity contribution is 7.21. The monoisotopic (exact) mass is 292 g/mol. The van der Waals surface area contributed by atoms with E-state index in [1.165, 1.54) is 11.3 Å². The Morgan fingerprint density at radius 2 is 2.40 bits per heavy atom. The average molecular weight is 292 g/mol. The third-order valence-corrected chi connectivity index (χ3v) is 4.57. The van der Waals surface area contributed by atoms with Crippen LogP contribution < -0.4 is 15.8 Å². The fourth-order valence-electron chi connectivity index (χ4n) is 2.38. The van der Waals surface area contributed by atoms with Crippen molar-refractivity contribution in [2.24, 2.45) is 0 Å². The minimum Gasteiger partial charge on any atom is -0.496 e. The highest BCUT2D eigenvalue weighted by Gasteiger charge is 2.23. The van der Waals surface area contributed by atoms with Crippen molar-refractivity contribution in [3.8, 4) is 5.75 Å². The van der Waals surface area contributed by atoms with Crippen molar-refractivity contribution in [2.75, 3.05) is 26.1 Å². The molecule has 3 N–H and O–H groups in total. The second kappa shape index (κ2) is 5.30. The molecule has 106 valence electrons. The topological polar surface area (TPSA) is 73.6 Å². The smallest absolute Gasteiger partial charge is 0.263 e. The Kier molecular flexibility index (Phi) is 3.50. The lowest BCUT2D eigenvalue weighted by molar-refractivity contribution is 0.0935. The molecule has 2 heterocycles. The summed E-state index contributed by atoms with van der Waals surface area (Å²) < 4.78 is 11.5. The fourth-order valence-corrected chi connectivity index (χ4v) is 3.42. The predicted molar refractivity (Wildman–Crippen MR) is 79.5 cm³/mol. The van der Waals surface area contributed by atoms with E-state index in [1.807, 2.05) is 18.2 Å². The molecule has 1 aliphatic heterocycles. The van der Waals surface area contributed by atoms with Gasteiger partial charge in [0.25, 0.3) is 5.91 Å². The molecule has 1 unspecified atom stereocenters. The lowest BCUT2D eigenvalue weighted by atomic mass is 10.2. The molecular weight excluding hydrogens is 276 g/mol. The number of amides is 1. The van der Waals surface area contributed by atoms with E-state index in [9.17, 15) is 4.79 Å². The lowest BCUT2D eigenvalue weighted by Gasteiger charge is -2.09. The summed E-state index contributed by atoms with van der Waals surface area (Å²) in [4.78, 5) is 12.9. The molecule has 0 aliphatic carbocycles. The van der Waals surface area contributed by atoms with E-state index in [0.717, 1.165) is 16.5 Å². The summed E-state index contributed by atoms with van der Waals surface area (Å²) in [5, 5.41) is 3.77. The van der Waals surface area contributed by atoms with Crippen LogP contribution >= 0.6 is 11.3 Å². The molecule has 0 bridgehead atoms. The van der Waals surface area contributed by atoms with Crippen molar-refractivity contribution < 1.29 is 14.3 Å². The highest BCUT2D eigenvalue weighted by Crippen LogP contribution is 2.39. The maximum Gasteiger partial charge on any atom is 0.263 e. The van der Waals surface area contributed by atoms with Gasteiger partial charge in [-0.05, 0) is 18.6 Å². The van der Waals surface area contributed by atoms with Gasteiger partial charge in [-0.3, -0.25) is 4.79 Å². The van der Waals surface area contributed by atoms with E-state index in [-0.39, 0.29) is 11.9 Å². The molecule has 1 aliphatic rings. The first-order valence-corrected chi connectivity index (χ1v) is 7.26. The number of fused-ring (bicyclic) bond motifs is 1. The Morgan fingerprint density at radius 1 is 1.55 bits per heavy atom. The number of carbonyl (C=O) groups excluding carboxylic acids is 1. The molecule has 1 saturated heterocycles. The molecule has 1 fully saturated rings. The maximum atomic E-state index is 12.3.